The molecule has 3 heteroatoms. The molecular weight excluding hydrogens is 262 g/mol. The minimum Gasteiger partial charge on any atom is -0.491 e. The third-order valence-electron chi connectivity index (χ3n) is 3.42. The van der Waals surface area contributed by atoms with Crippen molar-refractivity contribution in [3.63, 3.8) is 0 Å². The Labute approximate surface area is 130 Å². The van der Waals surface area contributed by atoms with Crippen LogP contribution in [0.25, 0.3) is 0 Å². The first kappa shape index (κ1) is 18.0. The Balaban J connectivity index is 2.67. The van der Waals surface area contributed by atoms with Crippen LogP contribution >= 0.6 is 0 Å². The predicted octanol–water partition coefficient (Wildman–Crippen LogP) is 4.33. The van der Waals surface area contributed by atoms with Gasteiger partial charge in [0.1, 0.15) is 5.75 Å². The lowest BCUT2D eigenvalue weighted by Crippen LogP contribution is -2.27. The average molecular weight is 293 g/mol. The molecule has 0 aliphatic heterocycles. The minimum absolute atomic E-state index is 0.207. The van der Waals surface area contributed by atoms with E-state index < -0.39 is 0 Å². The molecule has 0 aliphatic carbocycles. The van der Waals surface area contributed by atoms with Crippen LogP contribution < -0.4 is 10.1 Å². The van der Waals surface area contributed by atoms with E-state index in [1.165, 1.54) is 5.56 Å². The average Bonchev–Trinajstić information content (AvgIpc) is 2.47. The molecule has 21 heavy (non-hydrogen) atoms. The fraction of sp³-hybridized carbons (Fsp3) is 0.667. The second-order valence-electron chi connectivity index (χ2n) is 5.79. The number of nitrogens with one attached hydrogen (secondary N) is 1. The summed E-state index contributed by atoms with van der Waals surface area (Å²) >= 11 is 0. The first-order chi connectivity index (χ1) is 10.1. The summed E-state index contributed by atoms with van der Waals surface area (Å²) < 4.78 is 11.6. The lowest BCUT2D eigenvalue weighted by molar-refractivity contribution is 0.0474. The van der Waals surface area contributed by atoms with Gasteiger partial charge in [0.05, 0.1) is 24.9 Å². The van der Waals surface area contributed by atoms with Crippen LogP contribution in [0.3, 0.4) is 0 Å². The van der Waals surface area contributed by atoms with Crippen molar-refractivity contribution in [2.45, 2.75) is 65.7 Å². The molecule has 1 rings (SSSR count). The highest BCUT2D eigenvalue weighted by Crippen LogP contribution is 2.20. The second-order valence-corrected chi connectivity index (χ2v) is 5.79. The van der Waals surface area contributed by atoms with Gasteiger partial charge in [-0.2, -0.15) is 0 Å². The van der Waals surface area contributed by atoms with Gasteiger partial charge in [0.25, 0.3) is 0 Å². The fourth-order valence-electron chi connectivity index (χ4n) is 2.02. The summed E-state index contributed by atoms with van der Waals surface area (Å²) in [6, 6.07) is 8.58. The smallest absolute Gasteiger partial charge is 0.119 e. The van der Waals surface area contributed by atoms with Crippen molar-refractivity contribution in [3.8, 4) is 5.75 Å². The summed E-state index contributed by atoms with van der Waals surface area (Å²) in [5, 5.41) is 3.56. The predicted molar refractivity (Wildman–Crippen MR) is 88.9 cm³/mol. The largest absolute Gasteiger partial charge is 0.491 e. The van der Waals surface area contributed by atoms with E-state index in [9.17, 15) is 0 Å². The van der Waals surface area contributed by atoms with Crippen LogP contribution in [0.4, 0.5) is 0 Å². The summed E-state index contributed by atoms with van der Waals surface area (Å²) in [6.07, 6.45) is 2.67. The highest BCUT2D eigenvalue weighted by Gasteiger charge is 2.12. The Morgan fingerprint density at radius 2 is 1.71 bits per heavy atom. The molecule has 0 bridgehead atoms. The molecule has 3 nitrogen and oxygen atoms in total. The van der Waals surface area contributed by atoms with Crippen molar-refractivity contribution in [2.75, 3.05) is 13.2 Å². The number of benzene rings is 1. The normalized spacial score (nSPS) is 14.2. The molecule has 1 N–H and O–H groups in total. The van der Waals surface area contributed by atoms with E-state index in [0.717, 1.165) is 25.1 Å². The van der Waals surface area contributed by atoms with Crippen molar-refractivity contribution in [2.24, 2.45) is 0 Å². The maximum Gasteiger partial charge on any atom is 0.119 e. The Morgan fingerprint density at radius 1 is 1.05 bits per heavy atom. The van der Waals surface area contributed by atoms with E-state index in [0.29, 0.717) is 12.7 Å². The maximum absolute atomic E-state index is 5.91. The maximum atomic E-state index is 5.91. The van der Waals surface area contributed by atoms with Crippen LogP contribution in [0.5, 0.6) is 5.75 Å². The summed E-state index contributed by atoms with van der Waals surface area (Å²) in [4.78, 5) is 0. The van der Waals surface area contributed by atoms with Gasteiger partial charge in [-0.1, -0.05) is 26.0 Å². The van der Waals surface area contributed by atoms with E-state index >= 15 is 0 Å². The molecule has 0 radical (unpaired) electrons. The summed E-state index contributed by atoms with van der Waals surface area (Å²) in [6.45, 7) is 12.2. The molecule has 0 fully saturated rings. The van der Waals surface area contributed by atoms with Crippen molar-refractivity contribution >= 4 is 0 Å². The second kappa shape index (κ2) is 9.80. The highest BCUT2D eigenvalue weighted by atomic mass is 16.5. The van der Waals surface area contributed by atoms with E-state index in [-0.39, 0.29) is 12.1 Å². The molecule has 120 valence electrons. The van der Waals surface area contributed by atoms with Gasteiger partial charge in [-0.3, -0.25) is 0 Å². The SMILES string of the molecule is CCCNC(COC(C)CC)c1ccc(OC(C)C)cc1. The zero-order chi connectivity index (χ0) is 15.7. The van der Waals surface area contributed by atoms with Crippen molar-refractivity contribution in [1.29, 1.82) is 0 Å². The molecule has 0 spiro atoms. The minimum atomic E-state index is 0.207. The Kier molecular flexibility index (Phi) is 8.40. The highest BCUT2D eigenvalue weighted by molar-refractivity contribution is 5.29. The van der Waals surface area contributed by atoms with Gasteiger partial charge < -0.3 is 14.8 Å². The van der Waals surface area contributed by atoms with Crippen molar-refractivity contribution < 1.29 is 9.47 Å². The summed E-state index contributed by atoms with van der Waals surface area (Å²) in [5.74, 6) is 0.922. The Morgan fingerprint density at radius 3 is 2.24 bits per heavy atom. The first-order valence-electron chi connectivity index (χ1n) is 8.18. The van der Waals surface area contributed by atoms with Crippen LogP contribution in [0.15, 0.2) is 24.3 Å². The molecule has 1 aromatic carbocycles. The fourth-order valence-corrected chi connectivity index (χ4v) is 2.02. The first-order valence-corrected chi connectivity index (χ1v) is 8.18. The molecule has 0 saturated carbocycles. The molecule has 0 saturated heterocycles. The van der Waals surface area contributed by atoms with E-state index in [2.05, 4.69) is 38.2 Å². The molecule has 2 unspecified atom stereocenters. The van der Waals surface area contributed by atoms with E-state index in [1.54, 1.807) is 0 Å². The van der Waals surface area contributed by atoms with Gasteiger partial charge >= 0.3 is 0 Å². The van der Waals surface area contributed by atoms with Gasteiger partial charge in [-0.05, 0) is 57.9 Å². The molecule has 0 aliphatic rings. The lowest BCUT2D eigenvalue weighted by atomic mass is 10.1. The van der Waals surface area contributed by atoms with Gasteiger partial charge in [0.15, 0.2) is 0 Å². The number of ether oxygens (including phenoxy) is 2. The number of rotatable bonds is 10. The van der Waals surface area contributed by atoms with Crippen molar-refractivity contribution in [3.05, 3.63) is 29.8 Å². The van der Waals surface area contributed by atoms with Gasteiger partial charge in [-0.15, -0.1) is 0 Å². The third-order valence-corrected chi connectivity index (χ3v) is 3.42. The molecular formula is C18H31NO2. The zero-order valence-electron chi connectivity index (χ0n) is 14.2. The van der Waals surface area contributed by atoms with Crippen LogP contribution in [0.1, 0.15) is 59.1 Å². The standard InChI is InChI=1S/C18H31NO2/c1-6-12-19-18(13-20-15(5)7-2)16-8-10-17(11-9-16)21-14(3)4/h8-11,14-15,18-19H,6-7,12-13H2,1-5H3. The molecule has 1 aromatic rings. The van der Waals surface area contributed by atoms with Gasteiger partial charge in [-0.25, -0.2) is 0 Å². The van der Waals surface area contributed by atoms with Gasteiger partial charge in [0, 0.05) is 0 Å². The summed E-state index contributed by atoms with van der Waals surface area (Å²) in [7, 11) is 0. The quantitative estimate of drug-likeness (QED) is 0.696. The Bertz CT molecular complexity index is 375. The molecule has 0 amide bonds. The van der Waals surface area contributed by atoms with Gasteiger partial charge in [0.2, 0.25) is 0 Å². The molecule has 0 heterocycles. The van der Waals surface area contributed by atoms with Crippen LogP contribution in [0.2, 0.25) is 0 Å². The van der Waals surface area contributed by atoms with E-state index in [4.69, 9.17) is 9.47 Å². The molecule has 0 aromatic heterocycles. The van der Waals surface area contributed by atoms with Crippen LogP contribution in [-0.2, 0) is 4.74 Å². The summed E-state index contributed by atoms with van der Waals surface area (Å²) in [5.41, 5.74) is 1.25. The number of hydrogen-bond acceptors (Lipinski definition) is 3. The Hall–Kier alpha value is -1.06. The lowest BCUT2D eigenvalue weighted by Gasteiger charge is -2.22. The number of hydrogen-bond donors (Lipinski definition) is 1. The van der Waals surface area contributed by atoms with Crippen LogP contribution in [0, 0.1) is 0 Å². The van der Waals surface area contributed by atoms with Crippen LogP contribution in [-0.4, -0.2) is 25.4 Å². The third kappa shape index (κ3) is 6.96. The zero-order valence-corrected chi connectivity index (χ0v) is 14.2. The van der Waals surface area contributed by atoms with E-state index in [1.807, 2.05) is 26.0 Å². The molecule has 2 atom stereocenters. The topological polar surface area (TPSA) is 30.5 Å². The monoisotopic (exact) mass is 293 g/mol. The van der Waals surface area contributed by atoms with Crippen molar-refractivity contribution in [1.82, 2.24) is 5.32 Å².